The van der Waals surface area contributed by atoms with Crippen LogP contribution in [-0.2, 0) is 38.4 Å². The van der Waals surface area contributed by atoms with Crippen molar-refractivity contribution in [1.82, 2.24) is 25.9 Å². The molecule has 2 aromatic heterocycles. The van der Waals surface area contributed by atoms with Crippen molar-refractivity contribution < 1.29 is 29.4 Å². The van der Waals surface area contributed by atoms with E-state index < -0.39 is 47.9 Å². The second-order valence-corrected chi connectivity index (χ2v) is 11.3. The number of aromatic nitrogens is 2. The van der Waals surface area contributed by atoms with E-state index >= 15 is 0 Å². The third kappa shape index (κ3) is 7.53. The van der Waals surface area contributed by atoms with Crippen molar-refractivity contribution in [3.8, 4) is 5.75 Å². The number of carboxylic acids is 1. The molecule has 238 valence electrons. The number of phenolic OH excluding ortho intramolecular Hbond substituents is 1. The number of rotatable bonds is 13. The van der Waals surface area contributed by atoms with E-state index in [0.717, 1.165) is 32.9 Å². The SMILES string of the molecule is CC(NC(=O)C(N)Cc1c[nH]c2ccccc12)C(=O)NC(Cc1c[nH]c2ccccc12)C(=O)NC(Cc1ccc(O)cc1)C(=O)O. The normalized spacial score (nSPS) is 13.9. The van der Waals surface area contributed by atoms with Gasteiger partial charge < -0.3 is 41.9 Å². The van der Waals surface area contributed by atoms with E-state index in [1.807, 2.05) is 48.5 Å². The van der Waals surface area contributed by atoms with Crippen LogP contribution in [0.2, 0.25) is 0 Å². The first-order valence-electron chi connectivity index (χ1n) is 14.9. The summed E-state index contributed by atoms with van der Waals surface area (Å²) in [6.07, 6.45) is 3.78. The molecule has 12 heteroatoms. The number of phenols is 1. The number of carboxylic acid groups (broad SMARTS) is 1. The summed E-state index contributed by atoms with van der Waals surface area (Å²) >= 11 is 0. The van der Waals surface area contributed by atoms with Crippen molar-refractivity contribution >= 4 is 45.5 Å². The molecule has 9 N–H and O–H groups in total. The van der Waals surface area contributed by atoms with E-state index in [0.29, 0.717) is 5.56 Å². The molecule has 3 aromatic carbocycles. The number of fused-ring (bicyclic) bond motifs is 2. The summed E-state index contributed by atoms with van der Waals surface area (Å²) < 4.78 is 0. The van der Waals surface area contributed by atoms with Crippen LogP contribution in [0, 0.1) is 0 Å². The second kappa shape index (κ2) is 14.0. The monoisotopic (exact) mass is 624 g/mol. The Morgan fingerprint density at radius 1 is 0.696 bits per heavy atom. The van der Waals surface area contributed by atoms with Gasteiger partial charge in [0.05, 0.1) is 6.04 Å². The average molecular weight is 625 g/mol. The zero-order valence-electron chi connectivity index (χ0n) is 25.1. The van der Waals surface area contributed by atoms with Crippen LogP contribution in [0.1, 0.15) is 23.6 Å². The van der Waals surface area contributed by atoms with Gasteiger partial charge >= 0.3 is 5.97 Å². The predicted octanol–water partition coefficient (Wildman–Crippen LogP) is 2.27. The fourth-order valence-electron chi connectivity index (χ4n) is 5.38. The summed E-state index contributed by atoms with van der Waals surface area (Å²) in [6, 6.07) is 16.6. The van der Waals surface area contributed by atoms with Gasteiger partial charge in [0.25, 0.3) is 0 Å². The maximum Gasteiger partial charge on any atom is 0.326 e. The standard InChI is InChI=1S/C34H36N6O6/c1-19(38-32(43)26(35)15-21-17-36-27-8-4-2-6-24(21)27)31(42)39-29(16-22-18-37-28-9-5-3-7-25(22)28)33(44)40-30(34(45)46)14-20-10-12-23(41)13-11-20/h2-13,17-19,26,29-30,36-37,41H,14-16,35H2,1H3,(H,38,43)(H,39,42)(H,40,44)(H,45,46). The minimum atomic E-state index is -1.31. The van der Waals surface area contributed by atoms with E-state index in [2.05, 4.69) is 25.9 Å². The van der Waals surface area contributed by atoms with Crippen LogP contribution >= 0.6 is 0 Å². The maximum atomic E-state index is 13.6. The van der Waals surface area contributed by atoms with Crippen LogP contribution in [0.5, 0.6) is 5.75 Å². The van der Waals surface area contributed by atoms with Gasteiger partial charge in [0.1, 0.15) is 23.9 Å². The fourth-order valence-corrected chi connectivity index (χ4v) is 5.38. The van der Waals surface area contributed by atoms with E-state index in [4.69, 9.17) is 5.73 Å². The highest BCUT2D eigenvalue weighted by molar-refractivity contribution is 5.95. The number of aliphatic carboxylic acids is 1. The zero-order valence-corrected chi connectivity index (χ0v) is 25.1. The first-order chi connectivity index (χ1) is 22.1. The average Bonchev–Trinajstić information content (AvgIpc) is 3.65. The van der Waals surface area contributed by atoms with Crippen molar-refractivity contribution in [2.75, 3.05) is 0 Å². The van der Waals surface area contributed by atoms with Gasteiger partial charge in [0.15, 0.2) is 0 Å². The Kier molecular flexibility index (Phi) is 9.67. The lowest BCUT2D eigenvalue weighted by molar-refractivity contribution is -0.142. The molecule has 0 radical (unpaired) electrons. The molecule has 5 rings (SSSR count). The number of aromatic hydroxyl groups is 1. The topological polar surface area (TPSA) is 202 Å². The van der Waals surface area contributed by atoms with Crippen molar-refractivity contribution in [2.24, 2.45) is 5.73 Å². The fraction of sp³-hybridized carbons (Fsp3) is 0.235. The van der Waals surface area contributed by atoms with Crippen molar-refractivity contribution in [2.45, 2.75) is 50.4 Å². The smallest absolute Gasteiger partial charge is 0.326 e. The van der Waals surface area contributed by atoms with Crippen molar-refractivity contribution in [3.63, 3.8) is 0 Å². The lowest BCUT2D eigenvalue weighted by Crippen LogP contribution is -2.57. The number of aromatic amines is 2. The summed E-state index contributed by atoms with van der Waals surface area (Å²) in [6.45, 7) is 1.48. The highest BCUT2D eigenvalue weighted by Crippen LogP contribution is 2.20. The number of benzene rings is 3. The Morgan fingerprint density at radius 2 is 1.24 bits per heavy atom. The first-order valence-corrected chi connectivity index (χ1v) is 14.9. The van der Waals surface area contributed by atoms with Crippen molar-refractivity contribution in [1.29, 1.82) is 0 Å². The van der Waals surface area contributed by atoms with E-state index in [9.17, 15) is 29.4 Å². The van der Waals surface area contributed by atoms with Gasteiger partial charge in [-0.25, -0.2) is 4.79 Å². The van der Waals surface area contributed by atoms with E-state index in [-0.39, 0.29) is 25.0 Å². The predicted molar refractivity (Wildman–Crippen MR) is 173 cm³/mol. The Balaban J connectivity index is 1.28. The number of hydrogen-bond acceptors (Lipinski definition) is 6. The first kappa shape index (κ1) is 31.8. The van der Waals surface area contributed by atoms with Crippen LogP contribution in [0.4, 0.5) is 0 Å². The van der Waals surface area contributed by atoms with Gasteiger partial charge in [-0.15, -0.1) is 0 Å². The van der Waals surface area contributed by atoms with Gasteiger partial charge in [-0.1, -0.05) is 48.5 Å². The molecular weight excluding hydrogens is 588 g/mol. The lowest BCUT2D eigenvalue weighted by atomic mass is 10.0. The molecule has 46 heavy (non-hydrogen) atoms. The number of carbonyl (C=O) groups is 4. The van der Waals surface area contributed by atoms with Gasteiger partial charge in [0, 0.05) is 47.0 Å². The molecular formula is C34H36N6O6. The molecule has 0 saturated heterocycles. The van der Waals surface area contributed by atoms with E-state index in [1.54, 1.807) is 24.5 Å². The molecule has 4 atom stereocenters. The molecule has 4 unspecified atom stereocenters. The van der Waals surface area contributed by atoms with Gasteiger partial charge in [-0.05, 0) is 54.3 Å². The minimum Gasteiger partial charge on any atom is -0.508 e. The highest BCUT2D eigenvalue weighted by Gasteiger charge is 2.30. The van der Waals surface area contributed by atoms with E-state index in [1.165, 1.54) is 19.1 Å². The van der Waals surface area contributed by atoms with Crippen LogP contribution in [-0.4, -0.2) is 68.0 Å². The quantitative estimate of drug-likeness (QED) is 0.0981. The molecule has 0 saturated carbocycles. The zero-order chi connectivity index (χ0) is 32.8. The molecule has 0 spiro atoms. The summed E-state index contributed by atoms with van der Waals surface area (Å²) in [5.41, 5.74) is 10.1. The number of nitrogens with two attached hydrogens (primary N) is 1. The molecule has 0 bridgehead atoms. The second-order valence-electron chi connectivity index (χ2n) is 11.3. The van der Waals surface area contributed by atoms with Crippen LogP contribution in [0.25, 0.3) is 21.8 Å². The van der Waals surface area contributed by atoms with Gasteiger partial charge in [-0.2, -0.15) is 0 Å². The third-order valence-corrected chi connectivity index (χ3v) is 7.93. The molecule has 0 fully saturated rings. The Hall–Kier alpha value is -5.62. The van der Waals surface area contributed by atoms with Gasteiger partial charge in [0.2, 0.25) is 17.7 Å². The number of para-hydroxylation sites is 2. The summed E-state index contributed by atoms with van der Waals surface area (Å²) in [5, 5.41) is 29.1. The molecule has 0 aliphatic carbocycles. The Morgan fingerprint density at radius 3 is 1.83 bits per heavy atom. The highest BCUT2D eigenvalue weighted by atomic mass is 16.4. The summed E-state index contributed by atoms with van der Waals surface area (Å²) in [5.74, 6) is -3.12. The number of amides is 3. The van der Waals surface area contributed by atoms with Crippen LogP contribution in [0.3, 0.4) is 0 Å². The maximum absolute atomic E-state index is 13.6. The number of carbonyl (C=O) groups excluding carboxylic acids is 3. The minimum absolute atomic E-state index is 0.0290. The molecule has 3 amide bonds. The number of hydrogen-bond donors (Lipinski definition) is 8. The molecule has 0 aliphatic rings. The Labute approximate surface area is 264 Å². The van der Waals surface area contributed by atoms with Crippen molar-refractivity contribution in [3.05, 3.63) is 102 Å². The molecule has 12 nitrogen and oxygen atoms in total. The Bertz CT molecular complexity index is 1860. The number of H-pyrrole nitrogens is 2. The largest absolute Gasteiger partial charge is 0.508 e. The summed E-state index contributed by atoms with van der Waals surface area (Å²) in [4.78, 5) is 58.3. The van der Waals surface area contributed by atoms with Crippen LogP contribution in [0.15, 0.2) is 85.2 Å². The van der Waals surface area contributed by atoms with Gasteiger partial charge in [-0.3, -0.25) is 14.4 Å². The lowest BCUT2D eigenvalue weighted by Gasteiger charge is -2.24. The van der Waals surface area contributed by atoms with Crippen LogP contribution < -0.4 is 21.7 Å². The third-order valence-electron chi connectivity index (χ3n) is 7.93. The molecule has 5 aromatic rings. The molecule has 0 aliphatic heterocycles. The summed E-state index contributed by atoms with van der Waals surface area (Å²) in [7, 11) is 0. The molecule has 2 heterocycles. The number of nitrogens with one attached hydrogen (secondary N) is 5.